The molecule has 2 heteroatoms. The molecule has 0 aromatic heterocycles. The minimum absolute atomic E-state index is 0.702. The minimum Gasteiger partial charge on any atom is -0.457 e. The SMILES string of the molecule is Cc1ccc(Oc2c[c]cc(Oc3ccc(C)cc3)c2)cc1. The summed E-state index contributed by atoms with van der Waals surface area (Å²) in [5.74, 6) is 3.00. The topological polar surface area (TPSA) is 18.5 Å². The second-order valence-electron chi connectivity index (χ2n) is 5.23. The first kappa shape index (κ1) is 14.2. The van der Waals surface area contributed by atoms with Gasteiger partial charge in [-0.1, -0.05) is 35.4 Å². The predicted molar refractivity (Wildman–Crippen MR) is 87.8 cm³/mol. The Hall–Kier alpha value is -2.74. The minimum atomic E-state index is 0.702. The van der Waals surface area contributed by atoms with E-state index < -0.39 is 0 Å². The lowest BCUT2D eigenvalue weighted by Gasteiger charge is -2.09. The van der Waals surface area contributed by atoms with Gasteiger partial charge in [0, 0.05) is 6.07 Å². The first-order valence-corrected chi connectivity index (χ1v) is 7.19. The summed E-state index contributed by atoms with van der Waals surface area (Å²) in [4.78, 5) is 0. The maximum atomic E-state index is 5.82. The van der Waals surface area contributed by atoms with Gasteiger partial charge in [-0.2, -0.15) is 0 Å². The van der Waals surface area contributed by atoms with Crippen molar-refractivity contribution in [3.8, 4) is 23.0 Å². The molecule has 0 aliphatic carbocycles. The summed E-state index contributed by atoms with van der Waals surface area (Å²) in [6, 6.07) is 24.4. The van der Waals surface area contributed by atoms with Crippen LogP contribution < -0.4 is 9.47 Å². The second-order valence-corrected chi connectivity index (χ2v) is 5.23. The molecule has 0 saturated carbocycles. The molecule has 0 atom stereocenters. The van der Waals surface area contributed by atoms with Gasteiger partial charge in [-0.15, -0.1) is 0 Å². The average molecular weight is 289 g/mol. The zero-order valence-corrected chi connectivity index (χ0v) is 12.7. The predicted octanol–water partition coefficient (Wildman–Crippen LogP) is 5.69. The van der Waals surface area contributed by atoms with Gasteiger partial charge in [0.2, 0.25) is 0 Å². The molecule has 2 nitrogen and oxygen atoms in total. The molecule has 0 N–H and O–H groups in total. The van der Waals surface area contributed by atoms with Crippen molar-refractivity contribution in [3.05, 3.63) is 83.9 Å². The molecule has 3 rings (SSSR count). The molecule has 0 heterocycles. The molecule has 0 aliphatic rings. The fourth-order valence-corrected chi connectivity index (χ4v) is 2.03. The highest BCUT2D eigenvalue weighted by Crippen LogP contribution is 2.28. The summed E-state index contributed by atoms with van der Waals surface area (Å²) < 4.78 is 11.6. The highest BCUT2D eigenvalue weighted by molar-refractivity contribution is 5.39. The van der Waals surface area contributed by atoms with E-state index in [1.807, 2.05) is 68.4 Å². The quantitative estimate of drug-likeness (QED) is 0.614. The molecular formula is C20H17O2. The van der Waals surface area contributed by atoms with Crippen molar-refractivity contribution in [1.82, 2.24) is 0 Å². The summed E-state index contributed by atoms with van der Waals surface area (Å²) >= 11 is 0. The molecule has 0 unspecified atom stereocenters. The van der Waals surface area contributed by atoms with Crippen LogP contribution in [-0.4, -0.2) is 0 Å². The summed E-state index contributed by atoms with van der Waals surface area (Å²) in [5.41, 5.74) is 2.41. The van der Waals surface area contributed by atoms with Gasteiger partial charge >= 0.3 is 0 Å². The van der Waals surface area contributed by atoms with Crippen LogP contribution in [0.1, 0.15) is 11.1 Å². The maximum absolute atomic E-state index is 5.82. The molecule has 22 heavy (non-hydrogen) atoms. The maximum Gasteiger partial charge on any atom is 0.131 e. The second kappa shape index (κ2) is 6.35. The summed E-state index contributed by atoms with van der Waals surface area (Å²) in [5, 5.41) is 0. The van der Waals surface area contributed by atoms with Crippen molar-refractivity contribution in [2.75, 3.05) is 0 Å². The number of ether oxygens (including phenoxy) is 2. The van der Waals surface area contributed by atoms with Gasteiger partial charge in [-0.3, -0.25) is 0 Å². The van der Waals surface area contributed by atoms with Crippen molar-refractivity contribution in [2.24, 2.45) is 0 Å². The molecule has 0 aliphatic heterocycles. The summed E-state index contributed by atoms with van der Waals surface area (Å²) in [6.07, 6.45) is 0. The summed E-state index contributed by atoms with van der Waals surface area (Å²) in [7, 11) is 0. The fourth-order valence-electron chi connectivity index (χ4n) is 2.03. The van der Waals surface area contributed by atoms with Crippen LogP contribution in [-0.2, 0) is 0 Å². The van der Waals surface area contributed by atoms with E-state index in [-0.39, 0.29) is 0 Å². The molecule has 1 radical (unpaired) electrons. The van der Waals surface area contributed by atoms with Crippen LogP contribution in [0.4, 0.5) is 0 Å². The first-order valence-electron chi connectivity index (χ1n) is 7.19. The Balaban J connectivity index is 1.74. The molecule has 0 amide bonds. The number of benzene rings is 3. The van der Waals surface area contributed by atoms with Gasteiger partial charge < -0.3 is 9.47 Å². The Morgan fingerprint density at radius 3 is 1.41 bits per heavy atom. The molecule has 0 fully saturated rings. The highest BCUT2D eigenvalue weighted by Gasteiger charge is 2.02. The normalized spacial score (nSPS) is 10.3. The third kappa shape index (κ3) is 3.67. The number of rotatable bonds is 4. The van der Waals surface area contributed by atoms with Crippen molar-refractivity contribution in [2.45, 2.75) is 13.8 Å². The average Bonchev–Trinajstić information content (AvgIpc) is 2.52. The third-order valence-electron chi connectivity index (χ3n) is 3.25. The Morgan fingerprint density at radius 2 is 1.00 bits per heavy atom. The molecule has 0 saturated heterocycles. The molecule has 3 aromatic carbocycles. The standard InChI is InChI=1S/C20H17O2/c1-15-6-10-17(11-7-15)21-19-4-3-5-20(14-19)22-18-12-8-16(2)9-13-18/h4-14H,1-2H3. The van der Waals surface area contributed by atoms with E-state index >= 15 is 0 Å². The lowest BCUT2D eigenvalue weighted by atomic mass is 10.2. The monoisotopic (exact) mass is 289 g/mol. The highest BCUT2D eigenvalue weighted by atomic mass is 16.5. The molecule has 3 aromatic rings. The molecule has 0 spiro atoms. The van der Waals surface area contributed by atoms with Gasteiger partial charge in [-0.05, 0) is 56.3 Å². The zero-order valence-electron chi connectivity index (χ0n) is 12.7. The smallest absolute Gasteiger partial charge is 0.131 e. The molecular weight excluding hydrogens is 272 g/mol. The Morgan fingerprint density at radius 1 is 0.591 bits per heavy atom. The van der Waals surface area contributed by atoms with Crippen LogP contribution in [0.15, 0.2) is 66.7 Å². The van der Waals surface area contributed by atoms with Crippen LogP contribution in [0.5, 0.6) is 23.0 Å². The molecule has 0 bridgehead atoms. The van der Waals surface area contributed by atoms with Gasteiger partial charge in [0.1, 0.15) is 23.0 Å². The van der Waals surface area contributed by atoms with Gasteiger partial charge in [-0.25, -0.2) is 0 Å². The lowest BCUT2D eigenvalue weighted by Crippen LogP contribution is -1.87. The first-order chi connectivity index (χ1) is 10.7. The van der Waals surface area contributed by atoms with Crippen LogP contribution in [0.3, 0.4) is 0 Å². The Labute approximate surface area is 131 Å². The van der Waals surface area contributed by atoms with Gasteiger partial charge in [0.25, 0.3) is 0 Å². The largest absolute Gasteiger partial charge is 0.457 e. The van der Waals surface area contributed by atoms with E-state index in [0.717, 1.165) is 11.5 Å². The number of hydrogen-bond donors (Lipinski definition) is 0. The summed E-state index contributed by atoms with van der Waals surface area (Å²) in [6.45, 7) is 4.10. The van der Waals surface area contributed by atoms with Crippen molar-refractivity contribution in [1.29, 1.82) is 0 Å². The van der Waals surface area contributed by atoms with Crippen molar-refractivity contribution >= 4 is 0 Å². The van der Waals surface area contributed by atoms with Crippen molar-refractivity contribution < 1.29 is 9.47 Å². The van der Waals surface area contributed by atoms with E-state index in [4.69, 9.17) is 9.47 Å². The fraction of sp³-hybridized carbons (Fsp3) is 0.100. The van der Waals surface area contributed by atoms with E-state index in [9.17, 15) is 0 Å². The Bertz CT molecular complexity index is 681. The third-order valence-corrected chi connectivity index (χ3v) is 3.25. The van der Waals surface area contributed by atoms with Crippen LogP contribution in [0.2, 0.25) is 0 Å². The molecule has 109 valence electrons. The van der Waals surface area contributed by atoms with Crippen LogP contribution in [0.25, 0.3) is 0 Å². The van der Waals surface area contributed by atoms with E-state index in [2.05, 4.69) is 6.07 Å². The zero-order chi connectivity index (χ0) is 15.4. The van der Waals surface area contributed by atoms with Crippen LogP contribution >= 0.6 is 0 Å². The lowest BCUT2D eigenvalue weighted by molar-refractivity contribution is 0.460. The Kier molecular flexibility index (Phi) is 4.10. The van der Waals surface area contributed by atoms with Crippen molar-refractivity contribution in [3.63, 3.8) is 0 Å². The van der Waals surface area contributed by atoms with E-state index in [1.54, 1.807) is 12.1 Å². The van der Waals surface area contributed by atoms with E-state index in [1.165, 1.54) is 11.1 Å². The number of aryl methyl sites for hydroxylation is 2. The van der Waals surface area contributed by atoms with Gasteiger partial charge in [0.15, 0.2) is 0 Å². The van der Waals surface area contributed by atoms with E-state index in [0.29, 0.717) is 11.5 Å². The van der Waals surface area contributed by atoms with Gasteiger partial charge in [0.05, 0.1) is 0 Å². The number of hydrogen-bond acceptors (Lipinski definition) is 2. The van der Waals surface area contributed by atoms with Crippen LogP contribution in [0, 0.1) is 19.9 Å².